The fourth-order valence-corrected chi connectivity index (χ4v) is 3.77. The molecule has 184 valence electrons. The third-order valence-electron chi connectivity index (χ3n) is 6.38. The molecule has 0 N–H and O–H groups in total. The van der Waals surface area contributed by atoms with Crippen LogP contribution in [0.1, 0.15) is 50.7 Å². The van der Waals surface area contributed by atoms with Crippen LogP contribution < -0.4 is 0 Å². The summed E-state index contributed by atoms with van der Waals surface area (Å²) in [5.41, 5.74) is 4.26. The van der Waals surface area contributed by atoms with Gasteiger partial charge in [-0.3, -0.25) is 9.59 Å². The van der Waals surface area contributed by atoms with Crippen molar-refractivity contribution in [3.8, 4) is 22.3 Å². The smallest absolute Gasteiger partial charge is 0.136 e. The number of hydrogen-bond acceptors (Lipinski definition) is 2. The molecule has 0 heterocycles. The molecule has 4 rings (SSSR count). The highest BCUT2D eigenvalue weighted by Gasteiger charge is 2.14. The zero-order valence-corrected chi connectivity index (χ0v) is 21.0. The van der Waals surface area contributed by atoms with Crippen molar-refractivity contribution in [3.05, 3.63) is 120 Å². The van der Waals surface area contributed by atoms with E-state index in [1.54, 1.807) is 26.0 Å². The summed E-state index contributed by atoms with van der Waals surface area (Å²) in [4.78, 5) is 22.6. The Morgan fingerprint density at radius 1 is 0.556 bits per heavy atom. The van der Waals surface area contributed by atoms with Gasteiger partial charge in [0.2, 0.25) is 0 Å². The second kappa shape index (κ2) is 12.2. The Morgan fingerprint density at radius 2 is 0.889 bits per heavy atom. The average Bonchev–Trinajstić information content (AvgIpc) is 2.89. The van der Waals surface area contributed by atoms with Gasteiger partial charge in [0.1, 0.15) is 23.2 Å². The maximum absolute atomic E-state index is 14.0. The van der Waals surface area contributed by atoms with Gasteiger partial charge < -0.3 is 0 Å². The van der Waals surface area contributed by atoms with Gasteiger partial charge in [0.25, 0.3) is 0 Å². The highest BCUT2D eigenvalue weighted by atomic mass is 19.1. The SMILES string of the molecule is CC(=O)[C@@H](C)c1ccc(-c2ccccc2)c(F)c1.CC(=O)[C@H](C)c1ccc(-c2ccccc2)c(F)c1. The molecule has 0 aromatic heterocycles. The molecule has 4 aromatic carbocycles. The van der Waals surface area contributed by atoms with E-state index in [0.29, 0.717) is 11.1 Å². The first-order valence-electron chi connectivity index (χ1n) is 11.9. The van der Waals surface area contributed by atoms with Crippen LogP contribution in [0.3, 0.4) is 0 Å². The molecule has 0 saturated heterocycles. The lowest BCUT2D eigenvalue weighted by molar-refractivity contribution is -0.118. The third kappa shape index (κ3) is 6.60. The van der Waals surface area contributed by atoms with Crippen molar-refractivity contribution in [1.29, 1.82) is 0 Å². The minimum atomic E-state index is -0.285. The van der Waals surface area contributed by atoms with Crippen LogP contribution in [0.25, 0.3) is 22.3 Å². The molecule has 0 bridgehead atoms. The van der Waals surface area contributed by atoms with E-state index in [1.807, 2.05) is 72.8 Å². The number of rotatable bonds is 6. The van der Waals surface area contributed by atoms with E-state index in [1.165, 1.54) is 26.0 Å². The van der Waals surface area contributed by atoms with Gasteiger partial charge >= 0.3 is 0 Å². The van der Waals surface area contributed by atoms with Gasteiger partial charge in [0.05, 0.1) is 0 Å². The molecule has 0 radical (unpaired) electrons. The van der Waals surface area contributed by atoms with Crippen molar-refractivity contribution in [2.45, 2.75) is 39.5 Å². The summed E-state index contributed by atoms with van der Waals surface area (Å²) in [6, 6.07) is 28.8. The molecule has 0 amide bonds. The maximum Gasteiger partial charge on any atom is 0.136 e. The van der Waals surface area contributed by atoms with Crippen LogP contribution in [0.4, 0.5) is 8.78 Å². The normalized spacial score (nSPS) is 12.2. The standard InChI is InChI=1S/2C16H15FO/c2*1-11(12(2)18)14-8-9-15(16(17)10-14)13-6-4-3-5-7-13/h2*3-11H,1-2H3/t2*11-/m10/s1. The van der Waals surface area contributed by atoms with Gasteiger partial charge in [-0.05, 0) is 48.2 Å². The summed E-state index contributed by atoms with van der Waals surface area (Å²) >= 11 is 0. The second-order valence-electron chi connectivity index (χ2n) is 8.88. The Morgan fingerprint density at radius 3 is 1.17 bits per heavy atom. The summed E-state index contributed by atoms with van der Waals surface area (Å²) < 4.78 is 28.1. The van der Waals surface area contributed by atoms with Crippen molar-refractivity contribution in [1.82, 2.24) is 0 Å². The molecule has 36 heavy (non-hydrogen) atoms. The van der Waals surface area contributed by atoms with Crippen LogP contribution in [-0.4, -0.2) is 11.6 Å². The number of carbonyl (C=O) groups excluding carboxylic acids is 2. The number of Topliss-reactive ketones (excluding diaryl/α,β-unsaturated/α-hetero) is 2. The van der Waals surface area contributed by atoms with E-state index >= 15 is 0 Å². The monoisotopic (exact) mass is 484 g/mol. The van der Waals surface area contributed by atoms with E-state index < -0.39 is 0 Å². The molecule has 0 unspecified atom stereocenters. The zero-order valence-electron chi connectivity index (χ0n) is 21.0. The fourth-order valence-electron chi connectivity index (χ4n) is 3.77. The molecule has 0 aliphatic heterocycles. The predicted octanol–water partition coefficient (Wildman–Crippen LogP) is 8.37. The second-order valence-corrected chi connectivity index (χ2v) is 8.88. The summed E-state index contributed by atoms with van der Waals surface area (Å²) in [6.45, 7) is 6.62. The maximum atomic E-state index is 14.0. The Labute approximate surface area is 211 Å². The van der Waals surface area contributed by atoms with Crippen molar-refractivity contribution in [2.24, 2.45) is 0 Å². The van der Waals surface area contributed by atoms with Crippen LogP contribution >= 0.6 is 0 Å². The Kier molecular flexibility index (Phi) is 9.02. The Balaban J connectivity index is 0.000000201. The Hall–Kier alpha value is -3.92. The first-order valence-corrected chi connectivity index (χ1v) is 11.9. The predicted molar refractivity (Wildman–Crippen MR) is 142 cm³/mol. The molecule has 0 fully saturated rings. The number of ketones is 2. The molecule has 0 saturated carbocycles. The zero-order chi connectivity index (χ0) is 26.2. The summed E-state index contributed by atoms with van der Waals surface area (Å²) in [6.07, 6.45) is 0. The lowest BCUT2D eigenvalue weighted by Gasteiger charge is -2.10. The van der Waals surface area contributed by atoms with Crippen molar-refractivity contribution < 1.29 is 18.4 Å². The number of hydrogen-bond donors (Lipinski definition) is 0. The van der Waals surface area contributed by atoms with Crippen LogP contribution in [0.5, 0.6) is 0 Å². The van der Waals surface area contributed by atoms with E-state index in [2.05, 4.69) is 0 Å². The van der Waals surface area contributed by atoms with Crippen molar-refractivity contribution in [2.75, 3.05) is 0 Å². The fraction of sp³-hybridized carbons (Fsp3) is 0.188. The molecular weight excluding hydrogens is 454 g/mol. The highest BCUT2D eigenvalue weighted by molar-refractivity contribution is 5.83. The molecule has 4 heteroatoms. The Bertz CT molecular complexity index is 1230. The number of benzene rings is 4. The van der Waals surface area contributed by atoms with Gasteiger partial charge in [-0.1, -0.05) is 98.8 Å². The van der Waals surface area contributed by atoms with E-state index in [0.717, 1.165) is 22.3 Å². The summed E-state index contributed by atoms with van der Waals surface area (Å²) in [5.74, 6) is -1.00. The number of carbonyl (C=O) groups is 2. The van der Waals surface area contributed by atoms with Crippen LogP contribution in [0.2, 0.25) is 0 Å². The van der Waals surface area contributed by atoms with Crippen LogP contribution in [-0.2, 0) is 9.59 Å². The van der Waals surface area contributed by atoms with Crippen LogP contribution in [0, 0.1) is 11.6 Å². The van der Waals surface area contributed by atoms with E-state index in [9.17, 15) is 18.4 Å². The molecule has 2 atom stereocenters. The van der Waals surface area contributed by atoms with Gasteiger partial charge in [0.15, 0.2) is 0 Å². The first-order chi connectivity index (χ1) is 17.2. The minimum Gasteiger partial charge on any atom is -0.299 e. The molecule has 0 aliphatic rings. The molecule has 4 aromatic rings. The number of halogens is 2. The quantitative estimate of drug-likeness (QED) is 0.275. The van der Waals surface area contributed by atoms with E-state index in [-0.39, 0.29) is 35.0 Å². The van der Waals surface area contributed by atoms with Crippen molar-refractivity contribution in [3.63, 3.8) is 0 Å². The summed E-state index contributed by atoms with van der Waals surface area (Å²) in [5, 5.41) is 0. The largest absolute Gasteiger partial charge is 0.299 e. The van der Waals surface area contributed by atoms with Gasteiger partial charge in [-0.25, -0.2) is 8.78 Å². The molecule has 2 nitrogen and oxygen atoms in total. The van der Waals surface area contributed by atoms with Crippen LogP contribution in [0.15, 0.2) is 97.1 Å². The third-order valence-corrected chi connectivity index (χ3v) is 6.38. The van der Waals surface area contributed by atoms with Crippen molar-refractivity contribution >= 4 is 11.6 Å². The minimum absolute atomic E-state index is 0.0434. The summed E-state index contributed by atoms with van der Waals surface area (Å²) in [7, 11) is 0. The first kappa shape index (κ1) is 26.7. The van der Waals surface area contributed by atoms with Gasteiger partial charge in [0, 0.05) is 23.0 Å². The topological polar surface area (TPSA) is 34.1 Å². The van der Waals surface area contributed by atoms with Gasteiger partial charge in [-0.2, -0.15) is 0 Å². The van der Waals surface area contributed by atoms with Gasteiger partial charge in [-0.15, -0.1) is 0 Å². The molecule has 0 spiro atoms. The molecule has 0 aliphatic carbocycles. The lowest BCUT2D eigenvalue weighted by Crippen LogP contribution is -2.04. The molecular formula is C32H30F2O2. The van der Waals surface area contributed by atoms with E-state index in [4.69, 9.17) is 0 Å². The average molecular weight is 485 g/mol. The lowest BCUT2D eigenvalue weighted by atomic mass is 9.95. The highest BCUT2D eigenvalue weighted by Crippen LogP contribution is 2.27.